The first-order valence-electron chi connectivity index (χ1n) is 8.74. The van der Waals surface area contributed by atoms with Crippen LogP contribution in [-0.2, 0) is 19.6 Å². The number of ether oxygens (including phenoxy) is 1. The normalized spacial score (nSPS) is 37.6. The zero-order chi connectivity index (χ0) is 19.4. The van der Waals surface area contributed by atoms with Gasteiger partial charge in [-0.3, -0.25) is 9.35 Å². The van der Waals surface area contributed by atoms with Crippen LogP contribution in [0.4, 0.5) is 13.2 Å². The summed E-state index contributed by atoms with van der Waals surface area (Å²) >= 11 is 0. The fourth-order valence-corrected chi connectivity index (χ4v) is 6.29. The number of halogens is 3. The smallest absolute Gasteiger partial charge is 0.392 e. The van der Waals surface area contributed by atoms with E-state index in [4.69, 9.17) is 9.29 Å². The largest absolute Gasteiger partial charge is 0.459 e. The maximum absolute atomic E-state index is 12.9. The number of esters is 1. The number of hydrogen-bond acceptors (Lipinski definition) is 5. The molecule has 3 atom stereocenters. The summed E-state index contributed by atoms with van der Waals surface area (Å²) in [6.07, 6.45) is -2.33. The summed E-state index contributed by atoms with van der Waals surface area (Å²) in [5, 5.41) is 10.6. The molecule has 10 heteroatoms. The molecule has 150 valence electrons. The molecule has 4 rings (SSSR count). The summed E-state index contributed by atoms with van der Waals surface area (Å²) in [5.41, 5.74) is -1.67. The minimum Gasteiger partial charge on any atom is -0.459 e. The third-order valence-corrected chi connectivity index (χ3v) is 6.70. The highest BCUT2D eigenvalue weighted by Gasteiger charge is 2.59. The molecule has 4 aliphatic rings. The van der Waals surface area contributed by atoms with Gasteiger partial charge in [0.2, 0.25) is 0 Å². The van der Waals surface area contributed by atoms with Crippen LogP contribution in [0, 0.1) is 17.8 Å². The van der Waals surface area contributed by atoms with Crippen molar-refractivity contribution in [3.63, 3.8) is 0 Å². The van der Waals surface area contributed by atoms with Crippen LogP contribution in [0.15, 0.2) is 0 Å². The number of alkyl halides is 3. The number of rotatable bonds is 6. The molecule has 0 spiro atoms. The molecule has 26 heavy (non-hydrogen) atoms. The quantitative estimate of drug-likeness (QED) is 0.525. The molecule has 4 fully saturated rings. The molecule has 4 bridgehead atoms. The predicted molar refractivity (Wildman–Crippen MR) is 83.6 cm³/mol. The van der Waals surface area contributed by atoms with Gasteiger partial charge < -0.3 is 9.84 Å². The Balaban J connectivity index is 1.60. The van der Waals surface area contributed by atoms with Crippen molar-refractivity contribution >= 4 is 16.1 Å². The van der Waals surface area contributed by atoms with Crippen molar-refractivity contribution in [1.29, 1.82) is 0 Å². The Morgan fingerprint density at radius 2 is 1.77 bits per heavy atom. The van der Waals surface area contributed by atoms with Crippen molar-refractivity contribution in [2.45, 2.75) is 68.7 Å². The van der Waals surface area contributed by atoms with Crippen molar-refractivity contribution in [3.05, 3.63) is 0 Å². The van der Waals surface area contributed by atoms with Crippen LogP contribution in [0.2, 0.25) is 0 Å². The Morgan fingerprint density at radius 3 is 2.23 bits per heavy atom. The lowest BCUT2D eigenvalue weighted by Crippen LogP contribution is -2.60. The van der Waals surface area contributed by atoms with E-state index in [9.17, 15) is 31.5 Å². The molecule has 3 unspecified atom stereocenters. The van der Waals surface area contributed by atoms with E-state index in [0.29, 0.717) is 32.1 Å². The third-order valence-electron chi connectivity index (χ3n) is 5.88. The van der Waals surface area contributed by atoms with Crippen LogP contribution in [0.25, 0.3) is 0 Å². The average molecular weight is 400 g/mol. The molecule has 4 saturated carbocycles. The van der Waals surface area contributed by atoms with E-state index in [-0.39, 0.29) is 11.8 Å². The predicted octanol–water partition coefficient (Wildman–Crippen LogP) is 2.46. The van der Waals surface area contributed by atoms with Crippen molar-refractivity contribution in [1.82, 2.24) is 0 Å². The molecule has 0 heterocycles. The van der Waals surface area contributed by atoms with Gasteiger partial charge in [0.15, 0.2) is 0 Å². The van der Waals surface area contributed by atoms with Gasteiger partial charge in [0.1, 0.15) is 5.60 Å². The topological polar surface area (TPSA) is 101 Å². The first-order chi connectivity index (χ1) is 11.8. The second-order valence-electron chi connectivity index (χ2n) is 8.37. The van der Waals surface area contributed by atoms with E-state index >= 15 is 0 Å². The Morgan fingerprint density at radius 1 is 1.19 bits per heavy atom. The van der Waals surface area contributed by atoms with E-state index in [1.54, 1.807) is 0 Å². The molecular formula is C16H23F3O6S. The van der Waals surface area contributed by atoms with Gasteiger partial charge in [-0.05, 0) is 50.4 Å². The number of carbonyl (C=O) groups is 1. The van der Waals surface area contributed by atoms with Crippen LogP contribution >= 0.6 is 0 Å². The zero-order valence-corrected chi connectivity index (χ0v) is 15.0. The van der Waals surface area contributed by atoms with Crippen molar-refractivity contribution in [2.24, 2.45) is 17.8 Å². The molecule has 0 radical (unpaired) electrons. The number of carbonyl (C=O) groups excluding carboxylic acids is 1. The Labute approximate surface area is 149 Å². The third kappa shape index (κ3) is 4.51. The van der Waals surface area contributed by atoms with Gasteiger partial charge in [-0.15, -0.1) is 0 Å². The van der Waals surface area contributed by atoms with E-state index in [1.807, 2.05) is 0 Å². The van der Waals surface area contributed by atoms with Crippen LogP contribution in [-0.4, -0.2) is 47.2 Å². The maximum Gasteiger partial charge on any atom is 0.392 e. The lowest BCUT2D eigenvalue weighted by molar-refractivity contribution is -0.220. The summed E-state index contributed by atoms with van der Waals surface area (Å²) in [5.74, 6) is -4.10. The highest BCUT2D eigenvalue weighted by atomic mass is 32.2. The molecule has 0 aromatic carbocycles. The molecule has 0 saturated heterocycles. The average Bonchev–Trinajstić information content (AvgIpc) is 2.37. The fraction of sp³-hybridized carbons (Fsp3) is 0.938. The molecule has 0 aromatic heterocycles. The highest BCUT2D eigenvalue weighted by molar-refractivity contribution is 7.85. The molecular weight excluding hydrogens is 377 g/mol. The number of aliphatic hydroxyl groups is 1. The lowest BCUT2D eigenvalue weighted by atomic mass is 9.52. The highest BCUT2D eigenvalue weighted by Crippen LogP contribution is 2.58. The van der Waals surface area contributed by atoms with Crippen molar-refractivity contribution < 1.29 is 40.8 Å². The van der Waals surface area contributed by atoms with Crippen LogP contribution < -0.4 is 0 Å². The fourth-order valence-electron chi connectivity index (χ4n) is 5.43. The van der Waals surface area contributed by atoms with Gasteiger partial charge in [0, 0.05) is 12.8 Å². The monoisotopic (exact) mass is 400 g/mol. The zero-order valence-electron chi connectivity index (χ0n) is 14.2. The Kier molecular flexibility index (Phi) is 4.85. The van der Waals surface area contributed by atoms with Crippen LogP contribution in [0.1, 0.15) is 51.4 Å². The number of hydrogen-bond donors (Lipinski definition) is 2. The van der Waals surface area contributed by atoms with E-state index < -0.39 is 58.0 Å². The Hall–Kier alpha value is -0.870. The van der Waals surface area contributed by atoms with Gasteiger partial charge in [-0.2, -0.15) is 21.6 Å². The summed E-state index contributed by atoms with van der Waals surface area (Å²) in [6.45, 7) is 0. The van der Waals surface area contributed by atoms with Gasteiger partial charge in [0.05, 0.1) is 17.3 Å². The first kappa shape index (κ1) is 19.9. The molecule has 0 amide bonds. The summed E-state index contributed by atoms with van der Waals surface area (Å²) in [7, 11) is -4.81. The first-order valence-corrected chi connectivity index (χ1v) is 10.3. The minimum absolute atomic E-state index is 0.261. The van der Waals surface area contributed by atoms with Gasteiger partial charge in [-0.1, -0.05) is 0 Å². The minimum atomic E-state index is -4.84. The van der Waals surface area contributed by atoms with Crippen molar-refractivity contribution in [2.75, 3.05) is 5.75 Å². The molecule has 4 aliphatic carbocycles. The SMILES string of the molecule is O=C(CCC(CS(=O)(=O)O)C(F)(F)F)OC12CC3CC(CC(O)(C3)C1)C2. The second-order valence-corrected chi connectivity index (χ2v) is 9.87. The van der Waals surface area contributed by atoms with Gasteiger partial charge in [-0.25, -0.2) is 0 Å². The molecule has 2 N–H and O–H groups in total. The van der Waals surface area contributed by atoms with E-state index in [1.165, 1.54) is 0 Å². The van der Waals surface area contributed by atoms with E-state index in [2.05, 4.69) is 0 Å². The summed E-state index contributed by atoms with van der Waals surface area (Å²) in [6, 6.07) is 0. The summed E-state index contributed by atoms with van der Waals surface area (Å²) < 4.78 is 74.5. The Bertz CT molecular complexity index is 660. The van der Waals surface area contributed by atoms with Gasteiger partial charge >= 0.3 is 12.1 Å². The standard InChI is InChI=1S/C16H23F3O6S/c17-16(18,19)12(8-26(22,23)24)1-2-13(20)25-15-6-10-3-11(7-15)5-14(21,4-10)9-15/h10-12,21H,1-9H2,(H,22,23,24). The van der Waals surface area contributed by atoms with Crippen LogP contribution in [0.5, 0.6) is 0 Å². The van der Waals surface area contributed by atoms with E-state index in [0.717, 1.165) is 6.42 Å². The lowest BCUT2D eigenvalue weighted by Gasteiger charge is -2.59. The molecule has 6 nitrogen and oxygen atoms in total. The summed E-state index contributed by atoms with van der Waals surface area (Å²) in [4.78, 5) is 12.1. The second kappa shape index (κ2) is 6.34. The molecule has 0 aliphatic heterocycles. The van der Waals surface area contributed by atoms with Crippen molar-refractivity contribution in [3.8, 4) is 0 Å². The molecule has 0 aromatic rings. The maximum atomic E-state index is 12.9. The van der Waals surface area contributed by atoms with Crippen LogP contribution in [0.3, 0.4) is 0 Å². The van der Waals surface area contributed by atoms with Gasteiger partial charge in [0.25, 0.3) is 10.1 Å².